The van der Waals surface area contributed by atoms with E-state index in [4.69, 9.17) is 11.5 Å². The summed E-state index contributed by atoms with van der Waals surface area (Å²) in [7, 11) is 0. The van der Waals surface area contributed by atoms with Gasteiger partial charge in [-0.3, -0.25) is 9.69 Å². The molecule has 1 heterocycles. The largest absolute Gasteiger partial charge is 0.369 e. The minimum absolute atomic E-state index is 0.102. The fraction of sp³-hybridized carbons (Fsp3) is 0.900. The third-order valence-corrected chi connectivity index (χ3v) is 3.57. The Bertz CT molecular complexity index is 217. The van der Waals surface area contributed by atoms with Crippen molar-refractivity contribution in [2.75, 3.05) is 13.1 Å². The van der Waals surface area contributed by atoms with E-state index in [0.29, 0.717) is 12.1 Å². The lowest BCUT2D eigenvalue weighted by molar-refractivity contribution is -0.128. The number of rotatable bonds is 2. The van der Waals surface area contributed by atoms with Crippen LogP contribution in [-0.4, -0.2) is 36.0 Å². The second-order valence-electron chi connectivity index (χ2n) is 4.62. The Labute approximate surface area is 84.6 Å². The summed E-state index contributed by atoms with van der Waals surface area (Å²) >= 11 is 0. The Balaban J connectivity index is 1.74. The molecule has 0 aromatic carbocycles. The fourth-order valence-electron chi connectivity index (χ4n) is 2.46. The molecular formula is C10H19N3O. The second-order valence-corrected chi connectivity index (χ2v) is 4.62. The molecule has 0 bridgehead atoms. The average Bonchev–Trinajstić information content (AvgIpc) is 2.05. The van der Waals surface area contributed by atoms with Gasteiger partial charge in [-0.2, -0.15) is 0 Å². The third-order valence-electron chi connectivity index (χ3n) is 3.57. The summed E-state index contributed by atoms with van der Waals surface area (Å²) in [6.07, 6.45) is 4.63. The van der Waals surface area contributed by atoms with Crippen molar-refractivity contribution in [3.63, 3.8) is 0 Å². The van der Waals surface area contributed by atoms with Gasteiger partial charge in [-0.1, -0.05) is 0 Å². The Morgan fingerprint density at radius 2 is 1.71 bits per heavy atom. The van der Waals surface area contributed by atoms with Crippen molar-refractivity contribution < 1.29 is 4.79 Å². The Kier molecular flexibility index (Phi) is 2.74. The van der Waals surface area contributed by atoms with Crippen LogP contribution in [0.25, 0.3) is 0 Å². The fourth-order valence-corrected chi connectivity index (χ4v) is 2.46. The van der Waals surface area contributed by atoms with E-state index in [2.05, 4.69) is 4.90 Å². The molecule has 80 valence electrons. The number of primary amides is 1. The number of nitrogens with zero attached hydrogens (tertiary/aromatic N) is 1. The second kappa shape index (κ2) is 3.87. The van der Waals surface area contributed by atoms with Crippen LogP contribution in [0.4, 0.5) is 0 Å². The number of nitrogens with two attached hydrogens (primary N) is 2. The number of hydrogen-bond donors (Lipinski definition) is 2. The van der Waals surface area contributed by atoms with Crippen LogP contribution in [0, 0.1) is 5.92 Å². The van der Waals surface area contributed by atoms with E-state index in [1.165, 1.54) is 12.8 Å². The van der Waals surface area contributed by atoms with Gasteiger partial charge in [0.2, 0.25) is 5.91 Å². The topological polar surface area (TPSA) is 72.4 Å². The van der Waals surface area contributed by atoms with Crippen molar-refractivity contribution in [2.45, 2.75) is 37.8 Å². The van der Waals surface area contributed by atoms with Crippen LogP contribution in [-0.2, 0) is 4.79 Å². The van der Waals surface area contributed by atoms with Crippen molar-refractivity contribution in [1.29, 1.82) is 0 Å². The van der Waals surface area contributed by atoms with Gasteiger partial charge in [0.05, 0.1) is 5.92 Å². The van der Waals surface area contributed by atoms with Gasteiger partial charge in [-0.25, -0.2) is 0 Å². The highest BCUT2D eigenvalue weighted by Gasteiger charge is 2.36. The molecule has 1 aliphatic heterocycles. The van der Waals surface area contributed by atoms with Gasteiger partial charge in [0.1, 0.15) is 0 Å². The van der Waals surface area contributed by atoms with Crippen LogP contribution >= 0.6 is 0 Å². The van der Waals surface area contributed by atoms with E-state index >= 15 is 0 Å². The van der Waals surface area contributed by atoms with Crippen LogP contribution < -0.4 is 11.5 Å². The molecule has 1 amide bonds. The molecule has 2 rings (SSSR count). The molecular weight excluding hydrogens is 178 g/mol. The van der Waals surface area contributed by atoms with Crippen molar-refractivity contribution in [3.8, 4) is 0 Å². The van der Waals surface area contributed by atoms with Gasteiger partial charge >= 0.3 is 0 Å². The molecule has 1 aliphatic carbocycles. The molecule has 0 aromatic heterocycles. The first-order valence-electron chi connectivity index (χ1n) is 5.45. The first-order valence-corrected chi connectivity index (χ1v) is 5.45. The van der Waals surface area contributed by atoms with Gasteiger partial charge in [0.15, 0.2) is 0 Å². The minimum Gasteiger partial charge on any atom is -0.369 e. The van der Waals surface area contributed by atoms with E-state index in [9.17, 15) is 4.79 Å². The van der Waals surface area contributed by atoms with Crippen LogP contribution in [0.1, 0.15) is 25.7 Å². The van der Waals surface area contributed by atoms with Gasteiger partial charge in [-0.15, -0.1) is 0 Å². The summed E-state index contributed by atoms with van der Waals surface area (Å²) in [6.45, 7) is 1.74. The van der Waals surface area contributed by atoms with Crippen molar-refractivity contribution in [1.82, 2.24) is 4.90 Å². The average molecular weight is 197 g/mol. The maximum absolute atomic E-state index is 10.8. The number of hydrogen-bond acceptors (Lipinski definition) is 3. The van der Waals surface area contributed by atoms with E-state index < -0.39 is 0 Å². The normalized spacial score (nSPS) is 35.2. The molecule has 2 fully saturated rings. The molecule has 0 unspecified atom stereocenters. The lowest BCUT2D eigenvalue weighted by Gasteiger charge is -2.45. The Morgan fingerprint density at radius 1 is 1.14 bits per heavy atom. The number of carbonyl (C=O) groups excluding carboxylic acids is 1. The van der Waals surface area contributed by atoms with Crippen LogP contribution in [0.15, 0.2) is 0 Å². The summed E-state index contributed by atoms with van der Waals surface area (Å²) in [4.78, 5) is 13.2. The SMILES string of the molecule is NC(=O)C1CN(C2CCC(N)CC2)C1. The highest BCUT2D eigenvalue weighted by molar-refractivity contribution is 5.78. The lowest BCUT2D eigenvalue weighted by Crippen LogP contribution is -2.57. The van der Waals surface area contributed by atoms with Crippen LogP contribution in [0.3, 0.4) is 0 Å². The van der Waals surface area contributed by atoms with E-state index in [0.717, 1.165) is 25.9 Å². The molecule has 4 N–H and O–H groups in total. The number of likely N-dealkylation sites (tertiary alicyclic amines) is 1. The summed E-state index contributed by atoms with van der Waals surface area (Å²) in [5.74, 6) is -0.0423. The molecule has 1 saturated heterocycles. The monoisotopic (exact) mass is 197 g/mol. The molecule has 14 heavy (non-hydrogen) atoms. The first kappa shape index (κ1) is 9.93. The van der Waals surface area contributed by atoms with Gasteiger partial charge < -0.3 is 11.5 Å². The molecule has 4 nitrogen and oxygen atoms in total. The molecule has 0 atom stereocenters. The molecule has 4 heteroatoms. The smallest absolute Gasteiger partial charge is 0.223 e. The number of carbonyl (C=O) groups is 1. The highest BCUT2D eigenvalue weighted by atomic mass is 16.1. The predicted molar refractivity (Wildman–Crippen MR) is 54.5 cm³/mol. The van der Waals surface area contributed by atoms with E-state index in [-0.39, 0.29) is 11.8 Å². The molecule has 2 aliphatic rings. The zero-order valence-corrected chi connectivity index (χ0v) is 8.48. The minimum atomic E-state index is -0.145. The summed E-state index contributed by atoms with van der Waals surface area (Å²) in [6, 6.07) is 1.06. The summed E-state index contributed by atoms with van der Waals surface area (Å²) in [5, 5.41) is 0. The maximum Gasteiger partial charge on any atom is 0.223 e. The van der Waals surface area contributed by atoms with Gasteiger partial charge in [0.25, 0.3) is 0 Å². The van der Waals surface area contributed by atoms with E-state index in [1.54, 1.807) is 0 Å². The zero-order valence-electron chi connectivity index (χ0n) is 8.48. The zero-order chi connectivity index (χ0) is 10.1. The third kappa shape index (κ3) is 1.91. The molecule has 0 spiro atoms. The summed E-state index contributed by atoms with van der Waals surface area (Å²) < 4.78 is 0. The number of amides is 1. The van der Waals surface area contributed by atoms with Crippen LogP contribution in [0.5, 0.6) is 0 Å². The van der Waals surface area contributed by atoms with Gasteiger partial charge in [0, 0.05) is 25.2 Å². The first-order chi connectivity index (χ1) is 6.66. The maximum atomic E-state index is 10.8. The van der Waals surface area contributed by atoms with Crippen molar-refractivity contribution >= 4 is 5.91 Å². The lowest BCUT2D eigenvalue weighted by atomic mass is 9.87. The summed E-state index contributed by atoms with van der Waals surface area (Å²) in [5.41, 5.74) is 11.1. The van der Waals surface area contributed by atoms with Crippen molar-refractivity contribution in [2.24, 2.45) is 17.4 Å². The standard InChI is InChI=1S/C10H19N3O/c11-8-1-3-9(4-2-8)13-5-7(6-13)10(12)14/h7-9H,1-6,11H2,(H2,12,14). The molecule has 1 saturated carbocycles. The van der Waals surface area contributed by atoms with Crippen molar-refractivity contribution in [3.05, 3.63) is 0 Å². The van der Waals surface area contributed by atoms with Gasteiger partial charge in [-0.05, 0) is 25.7 Å². The predicted octanol–water partition coefficient (Wildman–Crippen LogP) is -0.327. The molecule has 0 aromatic rings. The Hall–Kier alpha value is -0.610. The molecule has 0 radical (unpaired) electrons. The highest BCUT2D eigenvalue weighted by Crippen LogP contribution is 2.27. The Morgan fingerprint density at radius 3 is 2.21 bits per heavy atom. The quantitative estimate of drug-likeness (QED) is 0.637. The van der Waals surface area contributed by atoms with Crippen LogP contribution in [0.2, 0.25) is 0 Å². The van der Waals surface area contributed by atoms with E-state index in [1.807, 2.05) is 0 Å².